The van der Waals surface area contributed by atoms with Gasteiger partial charge >= 0.3 is 0 Å². The van der Waals surface area contributed by atoms with Crippen LogP contribution in [0.15, 0.2) is 239 Å². The van der Waals surface area contributed by atoms with Crippen molar-refractivity contribution < 1.29 is 0 Å². The van der Waals surface area contributed by atoms with Crippen LogP contribution in [-0.2, 0) is 0 Å². The maximum absolute atomic E-state index is 3.78. The number of nitrogens with one attached hydrogen (secondary N) is 3. The second kappa shape index (κ2) is 366. The Morgan fingerprint density at radius 1 is 0.147 bits per heavy atom. The zero-order valence-electron chi connectivity index (χ0n) is 117. The van der Waals surface area contributed by atoms with E-state index in [2.05, 4.69) is 339 Å². The number of hydrogen-bond donors (Lipinski definition) is 3. The molecule has 0 spiro atoms. The Labute approximate surface area is 950 Å². The lowest BCUT2D eigenvalue weighted by atomic mass is 10.3. The maximum atomic E-state index is 3.78. The first kappa shape index (κ1) is 237. The highest BCUT2D eigenvalue weighted by Crippen LogP contribution is 1.87. The predicted octanol–water partition coefficient (Wildman–Crippen LogP) is 45.5. The van der Waals surface area contributed by atoms with Crippen LogP contribution < -0.4 is 0 Å². The van der Waals surface area contributed by atoms with Crippen molar-refractivity contribution in [3.8, 4) is 0 Å². The van der Waals surface area contributed by atoms with Crippen LogP contribution in [0.4, 0.5) is 0 Å². The van der Waals surface area contributed by atoms with Gasteiger partial charge in [-0.2, -0.15) is 25.5 Å². The largest absolute Gasteiger partial charge is 0.351 e. The normalized spacial score (nSPS) is 7.15. The first-order valence-electron chi connectivity index (χ1n) is 58.8. The molecule has 0 saturated carbocycles. The molecular formula is C128H286N22. The lowest BCUT2D eigenvalue weighted by molar-refractivity contribution is 0.736. The molecule has 9 aromatic heterocycles. The zero-order chi connectivity index (χ0) is 127. The molecule has 1 aromatic carbocycles. The summed E-state index contributed by atoms with van der Waals surface area (Å²) >= 11 is 0. The summed E-state index contributed by atoms with van der Waals surface area (Å²) in [6, 6.07) is 25.0. The Bertz CT molecular complexity index is 1980. The Kier molecular flexibility index (Phi) is 577. The predicted molar refractivity (Wildman–Crippen MR) is 707 cm³/mol. The third kappa shape index (κ3) is 950. The van der Waals surface area contributed by atoms with Crippen molar-refractivity contribution in [1.29, 1.82) is 0 Å². The van der Waals surface area contributed by atoms with Crippen molar-refractivity contribution in [2.24, 2.45) is 75.1 Å². The van der Waals surface area contributed by atoms with E-state index >= 15 is 0 Å². The molecule has 1 aliphatic rings. The highest BCUT2D eigenvalue weighted by molar-refractivity contribution is 6.17. The van der Waals surface area contributed by atoms with E-state index in [1.807, 2.05) is 377 Å². The fourth-order valence-corrected chi connectivity index (χ4v) is 2.70. The van der Waals surface area contributed by atoms with E-state index in [4.69, 9.17) is 0 Å². The smallest absolute Gasteiger partial charge is 0.138 e. The van der Waals surface area contributed by atoms with E-state index in [-0.39, 0.29) is 0 Å². The third-order valence-electron chi connectivity index (χ3n) is 5.06. The monoisotopic (exact) mass is 2130 g/mol. The molecule has 22 heteroatoms. The quantitative estimate of drug-likeness (QED) is 0.127. The van der Waals surface area contributed by atoms with Gasteiger partial charge in [0.15, 0.2) is 0 Å². The molecule has 3 N–H and O–H groups in total. The van der Waals surface area contributed by atoms with Crippen molar-refractivity contribution in [2.45, 2.75) is 533 Å². The number of aromatic nitrogens is 20. The molecule has 0 amide bonds. The molecule has 0 atom stereocenters. The molecule has 0 fully saturated rings. The summed E-state index contributed by atoms with van der Waals surface area (Å²) in [4.78, 5) is 50.3. The number of nitrogens with zero attached hydrogens (tertiary/aromatic N) is 19. The van der Waals surface area contributed by atoms with Crippen molar-refractivity contribution >= 4 is 12.4 Å². The molecule has 150 heavy (non-hydrogen) atoms. The van der Waals surface area contributed by atoms with Crippen LogP contribution in [0.5, 0.6) is 0 Å². The van der Waals surface area contributed by atoms with Gasteiger partial charge in [0.25, 0.3) is 0 Å². The lowest BCUT2D eigenvalue weighted by Crippen LogP contribution is -1.75. The summed E-state index contributed by atoms with van der Waals surface area (Å²) in [6.45, 7) is 160. The van der Waals surface area contributed by atoms with E-state index in [0.29, 0.717) is 6.67 Å². The molecule has 11 rings (SSSR count). The van der Waals surface area contributed by atoms with Gasteiger partial charge in [-0.05, 0) is 101 Å². The van der Waals surface area contributed by atoms with Crippen molar-refractivity contribution in [1.82, 2.24) is 101 Å². The van der Waals surface area contributed by atoms with Crippen molar-refractivity contribution in [3.05, 3.63) is 229 Å². The number of H-pyrrole nitrogens is 3. The molecule has 22 nitrogen and oxygen atoms in total. The average molecular weight is 2130 g/mol. The molecule has 1 aliphatic heterocycles. The number of imidazole rings is 1. The van der Waals surface area contributed by atoms with Crippen LogP contribution in [0.25, 0.3) is 0 Å². The molecule has 10 aromatic rings. The first-order chi connectivity index (χ1) is 72.1. The second-order valence-corrected chi connectivity index (χ2v) is 28.5. The van der Waals surface area contributed by atoms with E-state index in [9.17, 15) is 0 Å². The number of rotatable bonds is 0. The minimum atomic E-state index is 0.639. The molecular weight excluding hydrogens is 1850 g/mol. The summed E-state index contributed by atoms with van der Waals surface area (Å²) in [5.74, 6) is 9.17. The minimum absolute atomic E-state index is 0.639. The van der Waals surface area contributed by atoms with Gasteiger partial charge < -0.3 is 4.98 Å². The molecule has 0 bridgehead atoms. The lowest BCUT2D eigenvalue weighted by Gasteiger charge is -1.79. The Hall–Kier alpha value is -9.47. The standard InChI is InChI=1S/C6H6.C5H5N.3C4H4N2.11C4H10.2C3H3N3.3C3H4N2.C2H3N3.22C2H6/c2*1-2-4-6-5-3-1;1-2-6-4-3-5-1;1-2-5-4-6-3-1;1-2-4-6-5-3-1;11*1-4(2)3;1-4-2-6-3-5-1;1-2-5-6-3-4-1;2*1-2-5-3-4-1;1-2-4-5-3-1;1-3-2-5-4-1;22*1-2/h1-6H;1-5H;3*1-4H;11*4H,1-3H3;2*1-3H;1-2H,3H2;2*1-3H,(H,4,5);1-2H,(H,3,4,5);22*1-2H3. The summed E-state index contributed by atoms with van der Waals surface area (Å²) in [5, 5.41) is 26.2. The zero-order valence-corrected chi connectivity index (χ0v) is 117. The van der Waals surface area contributed by atoms with Crippen LogP contribution in [0, 0.1) is 65.1 Å². The van der Waals surface area contributed by atoms with E-state index in [0.717, 1.165) is 65.1 Å². The first-order valence-corrected chi connectivity index (χ1v) is 58.8. The van der Waals surface area contributed by atoms with Crippen LogP contribution in [0.2, 0.25) is 0 Å². The summed E-state index contributed by atoms with van der Waals surface area (Å²) in [5.41, 5.74) is 0. The van der Waals surface area contributed by atoms with Crippen LogP contribution in [-0.4, -0.2) is 120 Å². The Morgan fingerprint density at radius 2 is 0.360 bits per heavy atom. The van der Waals surface area contributed by atoms with Gasteiger partial charge in [-0.15, -0.1) is 5.10 Å². The van der Waals surface area contributed by atoms with E-state index in [1.54, 1.807) is 118 Å². The molecule has 0 aliphatic carbocycles. The maximum Gasteiger partial charge on any atom is 0.138 e. The fraction of sp³-hybridized carbons (Fsp3) is 0.695. The van der Waals surface area contributed by atoms with Crippen LogP contribution in [0.1, 0.15) is 533 Å². The number of aliphatic imine (C=N–C) groups is 2. The SMILES string of the molecule is C1=NCN=C1.CC.CC.CC.CC.CC.CC.CC.CC.CC.CC.CC.CC.CC.CC.CC.CC.CC.CC.CC.CC.CC.CC.CC(C)C.CC(C)C.CC(C)C.CC(C)C.CC(C)C.CC(C)C.CC(C)C.CC(C)C.CC(C)C.CC(C)C.CC(C)C.c1c[nH]cn1.c1ccccc1.c1ccncc1.c1ccnnc1.c1cn[nH]c1.c1cnccn1.c1cncnc1.c1cnncn1.c1nc[nH]n1.c1ncncn1. The third-order valence-corrected chi connectivity index (χ3v) is 5.06. The highest BCUT2D eigenvalue weighted by Gasteiger charge is 1.76. The highest BCUT2D eigenvalue weighted by atomic mass is 15.2. The second-order valence-electron chi connectivity index (χ2n) is 28.5. The fourth-order valence-electron chi connectivity index (χ4n) is 2.70. The topological polar surface area (TPSA) is 291 Å². The van der Waals surface area contributed by atoms with Gasteiger partial charge in [-0.1, -0.05) is 576 Å². The average Bonchev–Trinajstić information content (AvgIpc) is 1.98. The number of hydrogen-bond acceptors (Lipinski definition) is 19. The van der Waals surface area contributed by atoms with Crippen molar-refractivity contribution in [2.75, 3.05) is 6.67 Å². The molecule has 10 heterocycles. The van der Waals surface area contributed by atoms with Gasteiger partial charge in [0, 0.05) is 105 Å². The molecule has 0 saturated heterocycles. The molecule has 908 valence electrons. The van der Waals surface area contributed by atoms with Gasteiger partial charge in [-0.3, -0.25) is 35.1 Å². The van der Waals surface area contributed by atoms with Crippen LogP contribution in [0.3, 0.4) is 0 Å². The summed E-state index contributed by atoms with van der Waals surface area (Å²) in [6.07, 6.45) is 41.9. The summed E-state index contributed by atoms with van der Waals surface area (Å²) in [7, 11) is 0. The van der Waals surface area contributed by atoms with E-state index < -0.39 is 0 Å². The number of aromatic amines is 3. The number of pyridine rings is 1. The van der Waals surface area contributed by atoms with Crippen molar-refractivity contribution in [3.63, 3.8) is 0 Å². The molecule has 0 unspecified atom stereocenters. The Balaban J connectivity index is -0.0000000304. The molecule has 0 radical (unpaired) electrons. The van der Waals surface area contributed by atoms with Gasteiger partial charge in [0.05, 0.1) is 12.5 Å². The number of benzene rings is 1. The van der Waals surface area contributed by atoms with Gasteiger partial charge in [0.2, 0.25) is 0 Å². The Morgan fingerprint density at radius 3 is 0.433 bits per heavy atom. The minimum Gasteiger partial charge on any atom is -0.351 e. The van der Waals surface area contributed by atoms with Gasteiger partial charge in [0.1, 0.15) is 51.0 Å². The van der Waals surface area contributed by atoms with Gasteiger partial charge in [-0.25, -0.2) is 39.9 Å². The van der Waals surface area contributed by atoms with Crippen LogP contribution >= 0.6 is 0 Å². The summed E-state index contributed by atoms with van der Waals surface area (Å²) < 4.78 is 0. The van der Waals surface area contributed by atoms with E-state index in [1.165, 1.54) is 50.5 Å².